The normalized spacial score (nSPS) is 11.6. The van der Waals surface area contributed by atoms with Crippen LogP contribution < -0.4 is 0 Å². The van der Waals surface area contributed by atoms with Crippen LogP contribution in [0.15, 0.2) is 227 Å². The monoisotopic (exact) mass is 860 g/mol. The third-order valence-electron chi connectivity index (χ3n) is 12.4. The Balaban J connectivity index is 0.905. The zero-order chi connectivity index (χ0) is 44.3. The van der Waals surface area contributed by atoms with E-state index >= 15 is 0 Å². The molecule has 0 unspecified atom stereocenters. The highest BCUT2D eigenvalue weighted by Gasteiger charge is 2.18. The molecule has 0 aliphatic heterocycles. The molecule has 0 saturated carbocycles. The first-order valence-corrected chi connectivity index (χ1v) is 22.1. The number of para-hydroxylation sites is 4. The van der Waals surface area contributed by atoms with E-state index in [1.165, 1.54) is 33.0 Å². The van der Waals surface area contributed by atoms with Crippen LogP contribution in [0, 0.1) is 0 Å². The first-order chi connectivity index (χ1) is 33.1. The highest BCUT2D eigenvalue weighted by atomic mass is 16.4. The lowest BCUT2D eigenvalue weighted by Gasteiger charge is -2.11. The van der Waals surface area contributed by atoms with E-state index < -0.39 is 0 Å². The summed E-state index contributed by atoms with van der Waals surface area (Å²) in [6, 6.07) is 74.7. The van der Waals surface area contributed by atoms with Gasteiger partial charge in [0.05, 0.1) is 11.0 Å². The largest absolute Gasteiger partial charge is 0.436 e. The third-order valence-corrected chi connectivity index (χ3v) is 12.4. The van der Waals surface area contributed by atoms with E-state index in [0.717, 1.165) is 66.7 Å². The second-order valence-electron chi connectivity index (χ2n) is 16.5. The predicted octanol–water partition coefficient (Wildman–Crippen LogP) is 14.9. The van der Waals surface area contributed by atoms with Crippen LogP contribution in [0.25, 0.3) is 129 Å². The van der Waals surface area contributed by atoms with Gasteiger partial charge in [-0.3, -0.25) is 0 Å². The summed E-state index contributed by atoms with van der Waals surface area (Å²) in [6.07, 6.45) is 0. The molecule has 13 aromatic rings. The molecule has 0 spiro atoms. The third kappa shape index (κ3) is 6.92. The molecule has 314 valence electrons. The van der Waals surface area contributed by atoms with E-state index in [1.807, 2.05) is 97.1 Å². The number of benzene rings is 9. The van der Waals surface area contributed by atoms with Crippen LogP contribution >= 0.6 is 0 Å². The maximum absolute atomic E-state index is 6.08. The lowest BCUT2D eigenvalue weighted by Crippen LogP contribution is -2.01. The lowest BCUT2D eigenvalue weighted by molar-refractivity contribution is 0.619. The maximum Gasteiger partial charge on any atom is 0.227 e. The number of oxazole rings is 2. The fourth-order valence-electron chi connectivity index (χ4n) is 8.96. The minimum atomic E-state index is 0.544. The van der Waals surface area contributed by atoms with E-state index in [0.29, 0.717) is 29.3 Å². The molecular weight excluding hydrogens is 825 g/mol. The molecule has 0 saturated heterocycles. The van der Waals surface area contributed by atoms with Gasteiger partial charge in [0.2, 0.25) is 11.8 Å². The fraction of sp³-hybridized carbons (Fsp3) is 0. The van der Waals surface area contributed by atoms with Crippen molar-refractivity contribution < 1.29 is 8.83 Å². The average molecular weight is 861 g/mol. The molecule has 0 N–H and O–H groups in total. The van der Waals surface area contributed by atoms with Gasteiger partial charge in [0.15, 0.2) is 28.6 Å². The van der Waals surface area contributed by atoms with Gasteiger partial charge in [-0.2, -0.15) is 0 Å². The average Bonchev–Trinajstić information content (AvgIpc) is 4.13. The number of fused-ring (bicyclic) bond motifs is 5. The summed E-state index contributed by atoms with van der Waals surface area (Å²) in [5, 5.41) is 2.38. The molecule has 67 heavy (non-hydrogen) atoms. The Morgan fingerprint density at radius 3 is 1.06 bits per heavy atom. The molecule has 8 nitrogen and oxygen atoms in total. The van der Waals surface area contributed by atoms with Crippen LogP contribution in [-0.4, -0.2) is 29.5 Å². The van der Waals surface area contributed by atoms with E-state index in [9.17, 15) is 0 Å². The molecule has 0 atom stereocenters. The summed E-state index contributed by atoms with van der Waals surface area (Å²) in [6.45, 7) is 0. The Morgan fingerprint density at radius 1 is 0.284 bits per heavy atom. The van der Waals surface area contributed by atoms with Gasteiger partial charge in [0.25, 0.3) is 0 Å². The van der Waals surface area contributed by atoms with Gasteiger partial charge in [0, 0.05) is 44.3 Å². The van der Waals surface area contributed by atoms with Crippen molar-refractivity contribution in [1.82, 2.24) is 29.5 Å². The lowest BCUT2D eigenvalue weighted by atomic mass is 10.0. The summed E-state index contributed by atoms with van der Waals surface area (Å²) in [7, 11) is 0. The molecule has 4 heterocycles. The van der Waals surface area contributed by atoms with E-state index in [-0.39, 0.29) is 0 Å². The maximum atomic E-state index is 6.08. The number of rotatable bonds is 8. The molecule has 0 aliphatic rings. The van der Waals surface area contributed by atoms with Crippen molar-refractivity contribution in [2.45, 2.75) is 0 Å². The summed E-state index contributed by atoms with van der Waals surface area (Å²) < 4.78 is 14.5. The number of hydrogen-bond donors (Lipinski definition) is 0. The molecule has 8 heteroatoms. The minimum Gasteiger partial charge on any atom is -0.436 e. The fourth-order valence-corrected chi connectivity index (χ4v) is 8.96. The van der Waals surface area contributed by atoms with Crippen molar-refractivity contribution in [3.05, 3.63) is 218 Å². The quantitative estimate of drug-likeness (QED) is 0.150. The Hall–Kier alpha value is -9.27. The summed E-state index contributed by atoms with van der Waals surface area (Å²) >= 11 is 0. The number of hydrogen-bond acceptors (Lipinski definition) is 7. The van der Waals surface area contributed by atoms with E-state index in [1.54, 1.807) is 0 Å². The topological polar surface area (TPSA) is 95.7 Å². The predicted molar refractivity (Wildman–Crippen MR) is 267 cm³/mol. The smallest absolute Gasteiger partial charge is 0.227 e. The zero-order valence-electron chi connectivity index (χ0n) is 35.8. The zero-order valence-corrected chi connectivity index (χ0v) is 35.8. The molecule has 0 aliphatic carbocycles. The van der Waals surface area contributed by atoms with Crippen molar-refractivity contribution in [3.63, 3.8) is 0 Å². The first-order valence-electron chi connectivity index (χ1n) is 22.1. The molecule has 0 radical (unpaired) electrons. The number of nitrogens with zero attached hydrogens (tertiary/aromatic N) is 6. The van der Waals surface area contributed by atoms with Crippen LogP contribution in [0.2, 0.25) is 0 Å². The van der Waals surface area contributed by atoms with Gasteiger partial charge in [0.1, 0.15) is 11.0 Å². The van der Waals surface area contributed by atoms with Crippen molar-refractivity contribution in [2.24, 2.45) is 0 Å². The van der Waals surface area contributed by atoms with Gasteiger partial charge in [-0.15, -0.1) is 0 Å². The highest BCUT2D eigenvalue weighted by molar-refractivity contribution is 6.11. The molecular formula is C59H36N6O2. The summed E-state index contributed by atoms with van der Waals surface area (Å²) in [4.78, 5) is 24.7. The standard InChI is InChI=1S/C59H36N6O2/c1-3-11-37(12-4-1)44-29-33-51-47(35-44)48-36-45(38-13-5-2-6-14-38)30-34-52(48)65(51)46-31-27-41(28-32-46)57-63-55(39-19-23-42(24-20-39)58-60-49-15-7-9-17-53(49)66-58)62-56(64-57)40-21-25-43(26-22-40)59-61-50-16-8-10-18-54(50)67-59/h1-36H. The van der Waals surface area contributed by atoms with E-state index in [2.05, 4.69) is 126 Å². The molecule has 0 fully saturated rings. The van der Waals surface area contributed by atoms with E-state index in [4.69, 9.17) is 33.8 Å². The van der Waals surface area contributed by atoms with Gasteiger partial charge in [-0.1, -0.05) is 121 Å². The van der Waals surface area contributed by atoms with Crippen molar-refractivity contribution >= 4 is 44.0 Å². The minimum absolute atomic E-state index is 0.544. The molecule has 0 amide bonds. The Kier molecular flexibility index (Phi) is 8.99. The Labute approximate surface area is 384 Å². The molecule has 0 bridgehead atoms. The summed E-state index contributed by atoms with van der Waals surface area (Å²) in [5.41, 5.74) is 15.4. The second-order valence-corrected chi connectivity index (χ2v) is 16.5. The van der Waals surface area contributed by atoms with Crippen LogP contribution in [0.5, 0.6) is 0 Å². The second kappa shape index (κ2) is 15.8. The SMILES string of the molecule is c1ccc(-c2ccc3c(c2)c2cc(-c4ccccc4)ccc2n3-c2ccc(-c3nc(-c4ccc(-c5nc6ccccc6o5)cc4)nc(-c4ccc(-c5nc6ccccc6o5)cc4)n3)cc2)cc1. The Bertz CT molecular complexity index is 3650. The Morgan fingerprint density at radius 2 is 0.642 bits per heavy atom. The van der Waals surface area contributed by atoms with Crippen molar-refractivity contribution in [2.75, 3.05) is 0 Å². The molecule has 9 aromatic carbocycles. The number of aromatic nitrogens is 6. The van der Waals surface area contributed by atoms with Crippen LogP contribution in [0.1, 0.15) is 0 Å². The molecule has 13 rings (SSSR count). The first kappa shape index (κ1) is 38.2. The van der Waals surface area contributed by atoms with Gasteiger partial charge < -0.3 is 13.4 Å². The van der Waals surface area contributed by atoms with Gasteiger partial charge in [-0.05, 0) is 119 Å². The van der Waals surface area contributed by atoms with Crippen molar-refractivity contribution in [1.29, 1.82) is 0 Å². The van der Waals surface area contributed by atoms with Gasteiger partial charge >= 0.3 is 0 Å². The van der Waals surface area contributed by atoms with Gasteiger partial charge in [-0.25, -0.2) is 24.9 Å². The van der Waals surface area contributed by atoms with Crippen LogP contribution in [0.3, 0.4) is 0 Å². The highest BCUT2D eigenvalue weighted by Crippen LogP contribution is 2.38. The molecule has 4 aromatic heterocycles. The van der Waals surface area contributed by atoms with Crippen molar-refractivity contribution in [3.8, 4) is 85.0 Å². The van der Waals surface area contributed by atoms with Crippen LogP contribution in [0.4, 0.5) is 0 Å². The van der Waals surface area contributed by atoms with Crippen LogP contribution in [-0.2, 0) is 0 Å². The summed E-state index contributed by atoms with van der Waals surface area (Å²) in [5.74, 6) is 2.75.